The van der Waals surface area contributed by atoms with Crippen molar-refractivity contribution in [1.29, 1.82) is 0 Å². The molecule has 2 saturated heterocycles. The molecule has 0 saturated carbocycles. The molecule has 0 radical (unpaired) electrons. The van der Waals surface area contributed by atoms with E-state index in [4.69, 9.17) is 4.74 Å². The number of thioether (sulfide) groups is 1. The van der Waals surface area contributed by atoms with Gasteiger partial charge in [0.05, 0.1) is 22.5 Å². The van der Waals surface area contributed by atoms with Crippen LogP contribution in [0.4, 0.5) is 10.5 Å². The van der Waals surface area contributed by atoms with Gasteiger partial charge in [-0.25, -0.2) is 4.98 Å². The van der Waals surface area contributed by atoms with Gasteiger partial charge in [0.25, 0.3) is 11.1 Å². The van der Waals surface area contributed by atoms with Crippen molar-refractivity contribution in [3.8, 4) is 5.69 Å². The van der Waals surface area contributed by atoms with Crippen molar-refractivity contribution in [2.24, 2.45) is 0 Å². The molecule has 8 nitrogen and oxygen atoms in total. The fourth-order valence-corrected chi connectivity index (χ4v) is 4.86. The molecule has 1 aromatic heterocycles. The van der Waals surface area contributed by atoms with Crippen LogP contribution in [-0.4, -0.2) is 72.0 Å². The molecule has 0 atom stereocenters. The minimum absolute atomic E-state index is 0.339. The van der Waals surface area contributed by atoms with Gasteiger partial charge in [-0.2, -0.15) is 0 Å². The molecule has 33 heavy (non-hydrogen) atoms. The average molecular weight is 464 g/mol. The quantitative estimate of drug-likeness (QED) is 0.563. The molecule has 0 aliphatic carbocycles. The van der Waals surface area contributed by atoms with Crippen LogP contribution in [0.25, 0.3) is 22.8 Å². The number of rotatable bonds is 6. The molecule has 0 spiro atoms. The van der Waals surface area contributed by atoms with E-state index in [1.165, 1.54) is 5.69 Å². The molecule has 3 aromatic rings. The summed E-state index contributed by atoms with van der Waals surface area (Å²) in [6.45, 7) is 5.74. The SMILES string of the molecule is COCCN1CCN(c2cccc(-n3cnc4ccc(/C=C5\SC(=O)NC5=O)cc43)c2)CC1. The van der Waals surface area contributed by atoms with Gasteiger partial charge in [-0.3, -0.25) is 24.4 Å². The maximum Gasteiger partial charge on any atom is 0.290 e. The van der Waals surface area contributed by atoms with Crippen molar-refractivity contribution in [1.82, 2.24) is 19.8 Å². The van der Waals surface area contributed by atoms with E-state index in [1.54, 1.807) is 13.2 Å². The molecule has 2 aliphatic heterocycles. The van der Waals surface area contributed by atoms with E-state index in [1.807, 2.05) is 24.5 Å². The Bertz CT molecular complexity index is 1230. The molecule has 0 bridgehead atoms. The zero-order chi connectivity index (χ0) is 22.8. The summed E-state index contributed by atoms with van der Waals surface area (Å²) in [5.74, 6) is -0.353. The predicted octanol–water partition coefficient (Wildman–Crippen LogP) is 3.12. The summed E-state index contributed by atoms with van der Waals surface area (Å²) < 4.78 is 7.26. The van der Waals surface area contributed by atoms with E-state index in [-0.39, 0.29) is 11.1 Å². The third-order valence-corrected chi connectivity index (χ3v) is 6.78. The number of imide groups is 1. The number of piperazine rings is 1. The number of fused-ring (bicyclic) bond motifs is 1. The molecular weight excluding hydrogens is 438 g/mol. The van der Waals surface area contributed by atoms with E-state index >= 15 is 0 Å². The molecule has 3 heterocycles. The highest BCUT2D eigenvalue weighted by molar-refractivity contribution is 8.18. The maximum atomic E-state index is 11.9. The van der Waals surface area contributed by atoms with E-state index in [2.05, 4.69) is 48.9 Å². The van der Waals surface area contributed by atoms with Crippen LogP contribution >= 0.6 is 11.8 Å². The summed E-state index contributed by atoms with van der Waals surface area (Å²) >= 11 is 0.922. The lowest BCUT2D eigenvalue weighted by Gasteiger charge is -2.36. The van der Waals surface area contributed by atoms with Crippen LogP contribution in [-0.2, 0) is 9.53 Å². The number of nitrogens with zero attached hydrogens (tertiary/aromatic N) is 4. The third kappa shape index (κ3) is 4.66. The van der Waals surface area contributed by atoms with Crippen LogP contribution < -0.4 is 10.2 Å². The highest BCUT2D eigenvalue weighted by atomic mass is 32.2. The summed E-state index contributed by atoms with van der Waals surface area (Å²) in [5.41, 5.74) is 4.88. The largest absolute Gasteiger partial charge is 0.383 e. The number of benzene rings is 2. The summed E-state index contributed by atoms with van der Waals surface area (Å²) in [6, 6.07) is 14.3. The van der Waals surface area contributed by atoms with Crippen LogP contribution in [0.1, 0.15) is 5.56 Å². The lowest BCUT2D eigenvalue weighted by molar-refractivity contribution is -0.115. The van der Waals surface area contributed by atoms with Crippen LogP contribution in [0.2, 0.25) is 0 Å². The van der Waals surface area contributed by atoms with Gasteiger partial charge in [0.15, 0.2) is 0 Å². The number of hydrogen-bond acceptors (Lipinski definition) is 7. The Morgan fingerprint density at radius 2 is 1.91 bits per heavy atom. The number of ether oxygens (including phenoxy) is 1. The maximum absolute atomic E-state index is 11.9. The molecule has 170 valence electrons. The number of carbonyl (C=O) groups is 2. The number of anilines is 1. The van der Waals surface area contributed by atoms with Crippen LogP contribution in [0.15, 0.2) is 53.7 Å². The highest BCUT2D eigenvalue weighted by Gasteiger charge is 2.25. The monoisotopic (exact) mass is 463 g/mol. The second-order valence-corrected chi connectivity index (χ2v) is 9.07. The fourth-order valence-electron chi connectivity index (χ4n) is 4.18. The Kier molecular flexibility index (Phi) is 6.17. The van der Waals surface area contributed by atoms with Crippen molar-refractivity contribution in [3.05, 3.63) is 59.3 Å². The van der Waals surface area contributed by atoms with Gasteiger partial charge < -0.3 is 9.64 Å². The van der Waals surface area contributed by atoms with E-state index in [0.717, 1.165) is 73.4 Å². The first-order valence-corrected chi connectivity index (χ1v) is 11.7. The second kappa shape index (κ2) is 9.38. The number of hydrogen-bond donors (Lipinski definition) is 1. The zero-order valence-electron chi connectivity index (χ0n) is 18.4. The smallest absolute Gasteiger partial charge is 0.290 e. The molecule has 2 aliphatic rings. The lowest BCUT2D eigenvalue weighted by atomic mass is 10.1. The number of amides is 2. The molecule has 2 fully saturated rings. The van der Waals surface area contributed by atoms with Gasteiger partial charge in [-0.1, -0.05) is 12.1 Å². The predicted molar refractivity (Wildman–Crippen MR) is 131 cm³/mol. The Balaban J connectivity index is 1.39. The lowest BCUT2D eigenvalue weighted by Crippen LogP contribution is -2.47. The molecule has 1 N–H and O–H groups in total. The van der Waals surface area contributed by atoms with E-state index in [0.29, 0.717) is 4.91 Å². The van der Waals surface area contributed by atoms with Crippen molar-refractivity contribution < 1.29 is 14.3 Å². The van der Waals surface area contributed by atoms with Gasteiger partial charge in [0.1, 0.15) is 6.33 Å². The van der Waals surface area contributed by atoms with Gasteiger partial charge in [0, 0.05) is 51.2 Å². The summed E-state index contributed by atoms with van der Waals surface area (Å²) in [4.78, 5) is 33.1. The van der Waals surface area contributed by atoms with Crippen molar-refractivity contribution in [3.63, 3.8) is 0 Å². The van der Waals surface area contributed by atoms with Crippen LogP contribution in [0.5, 0.6) is 0 Å². The number of imidazole rings is 1. The number of carbonyl (C=O) groups excluding carboxylic acids is 2. The summed E-state index contributed by atoms with van der Waals surface area (Å²) in [5, 5.41) is 1.95. The van der Waals surface area contributed by atoms with E-state index in [9.17, 15) is 9.59 Å². The summed E-state index contributed by atoms with van der Waals surface area (Å²) in [7, 11) is 1.74. The highest BCUT2D eigenvalue weighted by Crippen LogP contribution is 2.28. The first-order valence-electron chi connectivity index (χ1n) is 10.9. The third-order valence-electron chi connectivity index (χ3n) is 5.97. The normalized spacial score (nSPS) is 18.5. The van der Waals surface area contributed by atoms with Gasteiger partial charge in [-0.15, -0.1) is 0 Å². The van der Waals surface area contributed by atoms with Crippen LogP contribution in [0, 0.1) is 0 Å². The van der Waals surface area contributed by atoms with Crippen molar-refractivity contribution >= 4 is 45.7 Å². The fraction of sp³-hybridized carbons (Fsp3) is 0.292. The molecule has 0 unspecified atom stereocenters. The first-order chi connectivity index (χ1) is 16.1. The van der Waals surface area contributed by atoms with Crippen molar-refractivity contribution in [2.75, 3.05) is 51.3 Å². The minimum atomic E-state index is -0.353. The number of methoxy groups -OCH3 is 1. The van der Waals surface area contributed by atoms with Gasteiger partial charge >= 0.3 is 0 Å². The number of nitrogens with one attached hydrogen (secondary N) is 1. The minimum Gasteiger partial charge on any atom is -0.383 e. The number of aromatic nitrogens is 2. The zero-order valence-corrected chi connectivity index (χ0v) is 19.2. The van der Waals surface area contributed by atoms with Crippen LogP contribution in [0.3, 0.4) is 0 Å². The second-order valence-electron chi connectivity index (χ2n) is 8.06. The summed E-state index contributed by atoms with van der Waals surface area (Å²) in [6.07, 6.45) is 3.56. The van der Waals surface area contributed by atoms with Crippen molar-refractivity contribution in [2.45, 2.75) is 0 Å². The molecule has 2 aromatic carbocycles. The molecular formula is C24H25N5O3S. The van der Waals surface area contributed by atoms with E-state index < -0.39 is 0 Å². The Morgan fingerprint density at radius 3 is 2.67 bits per heavy atom. The van der Waals surface area contributed by atoms with Gasteiger partial charge in [0.2, 0.25) is 0 Å². The molecule has 5 rings (SSSR count). The average Bonchev–Trinajstić information content (AvgIpc) is 3.40. The Morgan fingerprint density at radius 1 is 1.09 bits per heavy atom. The Hall–Kier alpha value is -3.14. The molecule has 9 heteroatoms. The standard InChI is InChI=1S/C24H25N5O3S/c1-32-12-11-27-7-9-28(10-8-27)18-3-2-4-19(15-18)29-16-25-20-6-5-17(13-21(20)29)14-22-23(30)26-24(31)33-22/h2-6,13-16H,7-12H2,1H3,(H,26,30,31)/b22-14-. The molecule has 2 amide bonds. The Labute approximate surface area is 196 Å². The first kappa shape index (κ1) is 21.7. The van der Waals surface area contributed by atoms with Gasteiger partial charge in [-0.05, 0) is 53.7 Å². The topological polar surface area (TPSA) is 79.7 Å².